The lowest BCUT2D eigenvalue weighted by Gasteiger charge is -2.35. The van der Waals surface area contributed by atoms with E-state index in [9.17, 15) is 4.79 Å². The molecule has 3 heterocycles. The molecule has 8 nitrogen and oxygen atoms in total. The molecule has 10 heteroatoms. The highest BCUT2D eigenvalue weighted by molar-refractivity contribution is 5.85. The van der Waals surface area contributed by atoms with Crippen molar-refractivity contribution in [3.8, 4) is 0 Å². The maximum atomic E-state index is 12.4. The number of aryl methyl sites for hydroxylation is 1. The first-order valence-corrected chi connectivity index (χ1v) is 7.81. The van der Waals surface area contributed by atoms with E-state index in [1.165, 1.54) is 0 Å². The van der Waals surface area contributed by atoms with Crippen LogP contribution in [0.2, 0.25) is 0 Å². The summed E-state index contributed by atoms with van der Waals surface area (Å²) in [4.78, 5) is 20.8. The molecule has 3 rings (SSSR count). The predicted molar refractivity (Wildman–Crippen MR) is 92.3 cm³/mol. The Kier molecular flexibility index (Phi) is 8.38. The summed E-state index contributed by atoms with van der Waals surface area (Å²) < 4.78 is 10.7. The smallest absolute Gasteiger partial charge is 0.251 e. The monoisotopic (exact) mass is 381 g/mol. The molecule has 2 aliphatic rings. The number of piperazine rings is 1. The van der Waals surface area contributed by atoms with Crippen molar-refractivity contribution in [2.75, 3.05) is 32.7 Å². The molecule has 1 aromatic rings. The molecule has 0 bridgehead atoms. The molecule has 2 aliphatic heterocycles. The van der Waals surface area contributed by atoms with Crippen molar-refractivity contribution in [1.29, 1.82) is 0 Å². The van der Waals surface area contributed by atoms with Gasteiger partial charge in [-0.2, -0.15) is 4.98 Å². The van der Waals surface area contributed by atoms with Gasteiger partial charge in [-0.3, -0.25) is 9.69 Å². The van der Waals surface area contributed by atoms with Gasteiger partial charge in [0.05, 0.1) is 12.6 Å². The average Bonchev–Trinajstić information content (AvgIpc) is 3.16. The molecule has 2 N–H and O–H groups in total. The molecule has 0 aromatic carbocycles. The zero-order chi connectivity index (χ0) is 15.5. The van der Waals surface area contributed by atoms with Crippen LogP contribution in [-0.2, 0) is 16.1 Å². The standard InChI is InChI=1S/C14H23N5O3.2ClH/c1-10-16-13(17-22-10)9-18-4-6-19(7-5-18)14(20)12-3-2-11(8-15)21-12;;/h11-12H,2-9,15H2,1H3;2*1H/t11-,12+;;/m1../s1. The van der Waals surface area contributed by atoms with Gasteiger partial charge < -0.3 is 19.9 Å². The number of ether oxygens (including phenoxy) is 1. The Morgan fingerprint density at radius 3 is 2.50 bits per heavy atom. The Balaban J connectivity index is 0.00000144. The molecule has 24 heavy (non-hydrogen) atoms. The van der Waals surface area contributed by atoms with Crippen LogP contribution in [0.1, 0.15) is 24.6 Å². The average molecular weight is 382 g/mol. The van der Waals surface area contributed by atoms with Gasteiger partial charge in [-0.05, 0) is 12.8 Å². The van der Waals surface area contributed by atoms with Gasteiger partial charge in [-0.25, -0.2) is 0 Å². The van der Waals surface area contributed by atoms with Gasteiger partial charge in [-0.15, -0.1) is 24.8 Å². The number of carbonyl (C=O) groups excluding carboxylic acids is 1. The lowest BCUT2D eigenvalue weighted by Crippen LogP contribution is -2.51. The summed E-state index contributed by atoms with van der Waals surface area (Å²) in [7, 11) is 0. The summed E-state index contributed by atoms with van der Waals surface area (Å²) in [6.07, 6.45) is 1.39. The van der Waals surface area contributed by atoms with Crippen LogP contribution in [0.15, 0.2) is 4.52 Å². The third kappa shape index (κ3) is 5.03. The summed E-state index contributed by atoms with van der Waals surface area (Å²) in [5.74, 6) is 1.38. The molecule has 1 aromatic heterocycles. The normalized spacial score (nSPS) is 24.3. The van der Waals surface area contributed by atoms with Gasteiger partial charge >= 0.3 is 0 Å². The fraction of sp³-hybridized carbons (Fsp3) is 0.786. The number of nitrogens with two attached hydrogens (primary N) is 1. The zero-order valence-electron chi connectivity index (χ0n) is 13.7. The first-order valence-electron chi connectivity index (χ1n) is 7.81. The lowest BCUT2D eigenvalue weighted by molar-refractivity contribution is -0.144. The molecule has 138 valence electrons. The van der Waals surface area contributed by atoms with E-state index >= 15 is 0 Å². The highest BCUT2D eigenvalue weighted by Crippen LogP contribution is 2.21. The Hall–Kier alpha value is -0.930. The van der Waals surface area contributed by atoms with Gasteiger partial charge in [-0.1, -0.05) is 5.16 Å². The van der Waals surface area contributed by atoms with Crippen molar-refractivity contribution in [3.05, 3.63) is 11.7 Å². The summed E-state index contributed by atoms with van der Waals surface area (Å²) in [6.45, 7) is 5.98. The fourth-order valence-electron chi connectivity index (χ4n) is 3.00. The number of amides is 1. The first kappa shape index (κ1) is 21.1. The predicted octanol–water partition coefficient (Wildman–Crippen LogP) is 0.372. The molecular formula is C14H25Cl2N5O3. The molecule has 1 amide bonds. The van der Waals surface area contributed by atoms with E-state index in [0.717, 1.165) is 25.9 Å². The summed E-state index contributed by atoms with van der Waals surface area (Å²) in [5, 5.41) is 3.90. The van der Waals surface area contributed by atoms with E-state index in [4.69, 9.17) is 15.0 Å². The minimum atomic E-state index is -0.306. The van der Waals surface area contributed by atoms with Gasteiger partial charge in [0, 0.05) is 39.6 Å². The molecule has 0 spiro atoms. The number of hydrogen-bond donors (Lipinski definition) is 1. The Bertz CT molecular complexity index is 522. The lowest BCUT2D eigenvalue weighted by atomic mass is 10.1. The molecular weight excluding hydrogens is 357 g/mol. The molecule has 0 radical (unpaired) electrons. The fourth-order valence-corrected chi connectivity index (χ4v) is 3.00. The van der Waals surface area contributed by atoms with E-state index < -0.39 is 0 Å². The number of halogens is 2. The Labute approximate surface area is 153 Å². The van der Waals surface area contributed by atoms with E-state index in [1.807, 2.05) is 4.90 Å². The molecule has 0 unspecified atom stereocenters. The second-order valence-corrected chi connectivity index (χ2v) is 5.89. The molecule has 2 fully saturated rings. The van der Waals surface area contributed by atoms with Crippen molar-refractivity contribution < 1.29 is 14.1 Å². The maximum Gasteiger partial charge on any atom is 0.251 e. The number of hydrogen-bond acceptors (Lipinski definition) is 7. The van der Waals surface area contributed by atoms with Crippen LogP contribution in [0.3, 0.4) is 0 Å². The summed E-state index contributed by atoms with van der Waals surface area (Å²) >= 11 is 0. The van der Waals surface area contributed by atoms with E-state index in [1.54, 1.807) is 6.92 Å². The topological polar surface area (TPSA) is 97.7 Å². The second-order valence-electron chi connectivity index (χ2n) is 5.89. The molecule has 0 aliphatic carbocycles. The summed E-state index contributed by atoms with van der Waals surface area (Å²) in [6, 6.07) is 0. The van der Waals surface area contributed by atoms with Crippen molar-refractivity contribution >= 4 is 30.7 Å². The number of nitrogens with zero attached hydrogens (tertiary/aromatic N) is 4. The van der Waals surface area contributed by atoms with Gasteiger partial charge in [0.15, 0.2) is 5.82 Å². The maximum absolute atomic E-state index is 12.4. The van der Waals surface area contributed by atoms with Gasteiger partial charge in [0.25, 0.3) is 5.91 Å². The van der Waals surface area contributed by atoms with Crippen molar-refractivity contribution in [1.82, 2.24) is 19.9 Å². The zero-order valence-corrected chi connectivity index (χ0v) is 15.4. The van der Waals surface area contributed by atoms with E-state index in [0.29, 0.717) is 37.9 Å². The van der Waals surface area contributed by atoms with E-state index in [2.05, 4.69) is 15.0 Å². The SMILES string of the molecule is Cc1nc(CN2CCN(C(=O)[C@@H]3CC[C@H](CN)O3)CC2)no1.Cl.Cl. The van der Waals surface area contributed by atoms with Crippen LogP contribution in [0.5, 0.6) is 0 Å². The van der Waals surface area contributed by atoms with Crippen LogP contribution >= 0.6 is 24.8 Å². The van der Waals surface area contributed by atoms with Gasteiger partial charge in [0.1, 0.15) is 6.10 Å². The second kappa shape index (κ2) is 9.53. The van der Waals surface area contributed by atoms with Crippen LogP contribution < -0.4 is 5.73 Å². The van der Waals surface area contributed by atoms with Crippen molar-refractivity contribution in [2.24, 2.45) is 5.73 Å². The van der Waals surface area contributed by atoms with Crippen LogP contribution in [-0.4, -0.2) is 70.8 Å². The van der Waals surface area contributed by atoms with Crippen molar-refractivity contribution in [2.45, 2.75) is 38.5 Å². The van der Waals surface area contributed by atoms with Crippen LogP contribution in [0.4, 0.5) is 0 Å². The minimum absolute atomic E-state index is 0. The highest BCUT2D eigenvalue weighted by Gasteiger charge is 2.34. The third-order valence-corrected chi connectivity index (χ3v) is 4.26. The number of carbonyl (C=O) groups is 1. The first-order chi connectivity index (χ1) is 10.7. The van der Waals surface area contributed by atoms with E-state index in [-0.39, 0.29) is 42.9 Å². The molecule has 2 atom stereocenters. The quantitative estimate of drug-likeness (QED) is 0.804. The van der Waals surface area contributed by atoms with Crippen LogP contribution in [0.25, 0.3) is 0 Å². The third-order valence-electron chi connectivity index (χ3n) is 4.26. The van der Waals surface area contributed by atoms with Crippen molar-refractivity contribution in [3.63, 3.8) is 0 Å². The number of rotatable bonds is 4. The number of aromatic nitrogens is 2. The summed E-state index contributed by atoms with van der Waals surface area (Å²) in [5.41, 5.74) is 5.59. The Morgan fingerprint density at radius 1 is 1.25 bits per heavy atom. The largest absolute Gasteiger partial charge is 0.364 e. The van der Waals surface area contributed by atoms with Gasteiger partial charge in [0.2, 0.25) is 5.89 Å². The molecule has 2 saturated heterocycles. The van der Waals surface area contributed by atoms with Crippen LogP contribution in [0, 0.1) is 6.92 Å². The minimum Gasteiger partial charge on any atom is -0.364 e. The Morgan fingerprint density at radius 2 is 1.96 bits per heavy atom. The highest BCUT2D eigenvalue weighted by atomic mass is 35.5. The molecule has 0 saturated carbocycles.